The second-order valence-electron chi connectivity index (χ2n) is 4.65. The summed E-state index contributed by atoms with van der Waals surface area (Å²) >= 11 is 1.55. The maximum atomic E-state index is 11.8. The van der Waals surface area contributed by atoms with Gasteiger partial charge in [-0.25, -0.2) is 0 Å². The van der Waals surface area contributed by atoms with E-state index in [4.69, 9.17) is 15.6 Å². The molecule has 118 valence electrons. The summed E-state index contributed by atoms with van der Waals surface area (Å²) in [6.07, 6.45) is -4.39. The number of hydrogen-bond acceptors (Lipinski definition) is 8. The van der Waals surface area contributed by atoms with Gasteiger partial charge in [0.05, 0.1) is 12.6 Å². The van der Waals surface area contributed by atoms with Gasteiger partial charge in [0.1, 0.15) is 24.4 Å². The molecule has 8 nitrogen and oxygen atoms in total. The van der Waals surface area contributed by atoms with Gasteiger partial charge < -0.3 is 36.2 Å². The Hall–Kier alpha value is -0.420. The standard InChI is InChI=1S/C11H22N2O6S/c1-20-3-2-5(12)10(18)13-11-9(17)8(16)7(15)6(4-14)19-11/h5-9,11,14-17H,2-4,12H2,1H3,(H,13,18)/t5-,6+,7+,8-,9+,11+/m0/s1. The molecule has 1 heterocycles. The van der Waals surface area contributed by atoms with Crippen LogP contribution in [0.25, 0.3) is 0 Å². The van der Waals surface area contributed by atoms with Crippen molar-refractivity contribution in [3.8, 4) is 0 Å². The van der Waals surface area contributed by atoms with Crippen LogP contribution in [-0.4, -0.2) is 81.6 Å². The first-order valence-corrected chi connectivity index (χ1v) is 7.67. The van der Waals surface area contributed by atoms with Crippen LogP contribution in [0.2, 0.25) is 0 Å². The van der Waals surface area contributed by atoms with Crippen LogP contribution in [0, 0.1) is 0 Å². The number of aliphatic hydroxyl groups is 4. The zero-order valence-electron chi connectivity index (χ0n) is 11.2. The van der Waals surface area contributed by atoms with Crippen LogP contribution in [0.3, 0.4) is 0 Å². The fraction of sp³-hybridized carbons (Fsp3) is 0.909. The fourth-order valence-electron chi connectivity index (χ4n) is 1.84. The first-order chi connectivity index (χ1) is 9.42. The van der Waals surface area contributed by atoms with Gasteiger partial charge in [-0.3, -0.25) is 4.79 Å². The van der Waals surface area contributed by atoms with Crippen molar-refractivity contribution in [2.75, 3.05) is 18.6 Å². The van der Waals surface area contributed by atoms with Crippen molar-refractivity contribution in [1.29, 1.82) is 0 Å². The van der Waals surface area contributed by atoms with Gasteiger partial charge in [0.25, 0.3) is 0 Å². The highest BCUT2D eigenvalue weighted by Gasteiger charge is 2.44. The third kappa shape index (κ3) is 4.29. The number of hydrogen-bond donors (Lipinski definition) is 6. The predicted molar refractivity (Wildman–Crippen MR) is 72.9 cm³/mol. The van der Waals surface area contributed by atoms with Gasteiger partial charge in [-0.1, -0.05) is 0 Å². The Kier molecular flexibility index (Phi) is 7.17. The Bertz CT molecular complexity index is 319. The number of ether oxygens (including phenoxy) is 1. The van der Waals surface area contributed by atoms with E-state index >= 15 is 0 Å². The summed E-state index contributed by atoms with van der Waals surface area (Å²) in [6, 6.07) is -0.755. The van der Waals surface area contributed by atoms with Crippen molar-refractivity contribution < 1.29 is 30.0 Å². The largest absolute Gasteiger partial charge is 0.394 e. The molecular formula is C11H22N2O6S. The number of amides is 1. The predicted octanol–water partition coefficient (Wildman–Crippen LogP) is -3.02. The maximum absolute atomic E-state index is 11.8. The average molecular weight is 310 g/mol. The molecule has 1 aliphatic heterocycles. The highest BCUT2D eigenvalue weighted by atomic mass is 32.2. The minimum Gasteiger partial charge on any atom is -0.394 e. The lowest BCUT2D eigenvalue weighted by molar-refractivity contribution is -0.236. The smallest absolute Gasteiger partial charge is 0.239 e. The molecule has 1 fully saturated rings. The van der Waals surface area contributed by atoms with E-state index in [9.17, 15) is 20.1 Å². The molecule has 1 rings (SSSR count). The van der Waals surface area contributed by atoms with E-state index in [0.717, 1.165) is 0 Å². The van der Waals surface area contributed by atoms with E-state index in [1.54, 1.807) is 11.8 Å². The Labute approximate surface area is 121 Å². The minimum absolute atomic E-state index is 0.463. The van der Waals surface area contributed by atoms with Crippen molar-refractivity contribution in [2.45, 2.75) is 43.1 Å². The molecule has 7 N–H and O–H groups in total. The molecule has 9 heteroatoms. The van der Waals surface area contributed by atoms with Crippen LogP contribution in [0.1, 0.15) is 6.42 Å². The van der Waals surface area contributed by atoms with Crippen molar-refractivity contribution in [1.82, 2.24) is 5.32 Å². The van der Waals surface area contributed by atoms with Crippen LogP contribution in [0.4, 0.5) is 0 Å². The summed E-state index contributed by atoms with van der Waals surface area (Å²) < 4.78 is 5.15. The first-order valence-electron chi connectivity index (χ1n) is 6.27. The lowest BCUT2D eigenvalue weighted by Crippen LogP contribution is -2.64. The van der Waals surface area contributed by atoms with Gasteiger partial charge in [-0.2, -0.15) is 11.8 Å². The number of nitrogens with one attached hydrogen (secondary N) is 1. The molecule has 20 heavy (non-hydrogen) atoms. The van der Waals surface area contributed by atoms with Crippen molar-refractivity contribution in [3.05, 3.63) is 0 Å². The van der Waals surface area contributed by atoms with E-state index in [0.29, 0.717) is 12.2 Å². The lowest BCUT2D eigenvalue weighted by atomic mass is 9.98. The molecule has 1 amide bonds. The number of thioether (sulfide) groups is 1. The molecular weight excluding hydrogens is 288 g/mol. The first kappa shape index (κ1) is 17.6. The normalized spacial score (nSPS) is 35.6. The number of nitrogens with two attached hydrogens (primary N) is 1. The van der Waals surface area contributed by atoms with Crippen LogP contribution < -0.4 is 11.1 Å². The molecule has 0 saturated carbocycles. The van der Waals surface area contributed by atoms with Gasteiger partial charge in [-0.05, 0) is 18.4 Å². The molecule has 1 saturated heterocycles. The molecule has 6 atom stereocenters. The topological polar surface area (TPSA) is 145 Å². The van der Waals surface area contributed by atoms with Crippen LogP contribution in [-0.2, 0) is 9.53 Å². The van der Waals surface area contributed by atoms with E-state index in [1.807, 2.05) is 6.26 Å². The summed E-state index contributed by atoms with van der Waals surface area (Å²) in [5, 5.41) is 40.3. The monoisotopic (exact) mass is 310 g/mol. The number of rotatable bonds is 6. The van der Waals surface area contributed by atoms with Gasteiger partial charge in [0.2, 0.25) is 5.91 Å². The zero-order valence-corrected chi connectivity index (χ0v) is 12.0. The SMILES string of the molecule is CSCC[C@H](N)C(=O)N[C@@H]1O[C@H](CO)[C@@H](O)[C@H](O)[C@H]1O. The molecule has 0 bridgehead atoms. The molecule has 0 aromatic rings. The van der Waals surface area contributed by atoms with Gasteiger partial charge in [0, 0.05) is 0 Å². The molecule has 0 unspecified atom stereocenters. The quantitative estimate of drug-likeness (QED) is 0.304. The Morgan fingerprint density at radius 2 is 2.00 bits per heavy atom. The Morgan fingerprint density at radius 1 is 1.35 bits per heavy atom. The highest BCUT2D eigenvalue weighted by molar-refractivity contribution is 7.98. The van der Waals surface area contributed by atoms with Crippen molar-refractivity contribution in [3.63, 3.8) is 0 Å². The number of carbonyl (C=O) groups is 1. The summed E-state index contributed by atoms with van der Waals surface area (Å²) in [4.78, 5) is 11.8. The Morgan fingerprint density at radius 3 is 2.55 bits per heavy atom. The zero-order chi connectivity index (χ0) is 15.3. The Balaban J connectivity index is 2.59. The second kappa shape index (κ2) is 8.13. The minimum atomic E-state index is -1.52. The van der Waals surface area contributed by atoms with Crippen LogP contribution >= 0.6 is 11.8 Å². The summed E-state index contributed by atoms with van der Waals surface area (Å²) in [7, 11) is 0. The van der Waals surface area contributed by atoms with E-state index in [2.05, 4.69) is 5.32 Å². The van der Waals surface area contributed by atoms with E-state index in [1.165, 1.54) is 0 Å². The van der Waals surface area contributed by atoms with Gasteiger partial charge in [0.15, 0.2) is 6.23 Å². The number of aliphatic hydroxyl groups excluding tert-OH is 4. The third-order valence-corrected chi connectivity index (χ3v) is 3.79. The van der Waals surface area contributed by atoms with Crippen molar-refractivity contribution >= 4 is 17.7 Å². The lowest BCUT2D eigenvalue weighted by Gasteiger charge is -2.40. The highest BCUT2D eigenvalue weighted by Crippen LogP contribution is 2.19. The van der Waals surface area contributed by atoms with Gasteiger partial charge in [-0.15, -0.1) is 0 Å². The van der Waals surface area contributed by atoms with Gasteiger partial charge >= 0.3 is 0 Å². The molecule has 0 aromatic heterocycles. The molecule has 1 aliphatic rings. The third-order valence-electron chi connectivity index (χ3n) is 3.15. The van der Waals surface area contributed by atoms with E-state index < -0.39 is 49.2 Å². The molecule has 0 aliphatic carbocycles. The maximum Gasteiger partial charge on any atom is 0.239 e. The molecule has 0 spiro atoms. The average Bonchev–Trinajstić information content (AvgIpc) is 2.45. The van der Waals surface area contributed by atoms with E-state index in [-0.39, 0.29) is 0 Å². The molecule has 0 aromatic carbocycles. The fourth-order valence-corrected chi connectivity index (χ4v) is 2.33. The number of carbonyl (C=O) groups excluding carboxylic acids is 1. The van der Waals surface area contributed by atoms with Crippen LogP contribution in [0.5, 0.6) is 0 Å². The van der Waals surface area contributed by atoms with Crippen LogP contribution in [0.15, 0.2) is 0 Å². The summed E-state index contributed by atoms with van der Waals surface area (Å²) in [5.41, 5.74) is 5.67. The second-order valence-corrected chi connectivity index (χ2v) is 5.63. The van der Waals surface area contributed by atoms with Crippen molar-refractivity contribution in [2.24, 2.45) is 5.73 Å². The summed E-state index contributed by atoms with van der Waals surface area (Å²) in [6.45, 7) is -0.546. The molecule has 0 radical (unpaired) electrons. The summed E-state index contributed by atoms with van der Waals surface area (Å²) in [5.74, 6) is 0.187.